The smallest absolute Gasteiger partial charge is 0.238 e. The number of hydrogen-bond acceptors (Lipinski definition) is 4. The molecule has 138 valence electrons. The Hall–Kier alpha value is -2.97. The van der Waals surface area contributed by atoms with E-state index in [0.717, 1.165) is 18.2 Å². The summed E-state index contributed by atoms with van der Waals surface area (Å²) in [6.07, 6.45) is 0. The maximum Gasteiger partial charge on any atom is 0.238 e. The minimum Gasteiger partial charge on any atom is -0.454 e. The van der Waals surface area contributed by atoms with Crippen LogP contribution in [0.5, 0.6) is 11.5 Å². The predicted octanol–water partition coefficient (Wildman–Crippen LogP) is 3.67. The van der Waals surface area contributed by atoms with E-state index in [0.29, 0.717) is 22.6 Å². The fourth-order valence-corrected chi connectivity index (χ4v) is 3.80. The number of hydrogen-bond donors (Lipinski definition) is 1. The monoisotopic (exact) mass is 389 g/mol. The topological polar surface area (TPSA) is 78.6 Å². The maximum absolute atomic E-state index is 13.8. The summed E-state index contributed by atoms with van der Waals surface area (Å²) in [6.45, 7) is -0.00737. The first kappa shape index (κ1) is 17.4. The number of rotatable bonds is 3. The SMILES string of the molecule is NS(=O)(=O)c1ccccc1-c1cc2c(cc1-c1cc(F)cc(F)c1)OCO2. The molecule has 1 aliphatic heterocycles. The Morgan fingerprint density at radius 2 is 1.41 bits per heavy atom. The standard InChI is InChI=1S/C19H13F2NO4S/c20-12-5-11(6-13(21)7-12)15-8-17-18(26-10-25-17)9-16(15)14-3-1-2-4-19(14)27(22,23)24/h1-9H,10H2,(H2,22,23,24). The number of ether oxygens (including phenoxy) is 2. The largest absolute Gasteiger partial charge is 0.454 e. The molecular formula is C19H13F2NO4S. The molecule has 3 aromatic carbocycles. The van der Waals surface area contributed by atoms with Crippen molar-refractivity contribution in [3.8, 4) is 33.8 Å². The molecule has 0 spiro atoms. The molecule has 0 unspecified atom stereocenters. The van der Waals surface area contributed by atoms with Gasteiger partial charge in [-0.15, -0.1) is 0 Å². The van der Waals surface area contributed by atoms with Gasteiger partial charge in [0.15, 0.2) is 11.5 Å². The van der Waals surface area contributed by atoms with E-state index >= 15 is 0 Å². The van der Waals surface area contributed by atoms with E-state index in [1.807, 2.05) is 0 Å². The Labute approximate surface area is 154 Å². The normalized spacial score (nSPS) is 13.0. The number of benzene rings is 3. The molecule has 0 atom stereocenters. The van der Waals surface area contributed by atoms with Crippen LogP contribution < -0.4 is 14.6 Å². The summed E-state index contributed by atoms with van der Waals surface area (Å²) in [6, 6.07) is 12.3. The van der Waals surface area contributed by atoms with Crippen LogP contribution in [0.25, 0.3) is 22.3 Å². The van der Waals surface area contributed by atoms with Crippen LogP contribution in [0.4, 0.5) is 8.78 Å². The first-order valence-electron chi connectivity index (χ1n) is 7.85. The van der Waals surface area contributed by atoms with Gasteiger partial charge in [-0.2, -0.15) is 0 Å². The average molecular weight is 389 g/mol. The Morgan fingerprint density at radius 3 is 2.04 bits per heavy atom. The van der Waals surface area contributed by atoms with Crippen LogP contribution in [0.15, 0.2) is 59.5 Å². The molecule has 0 aliphatic carbocycles. The highest BCUT2D eigenvalue weighted by molar-refractivity contribution is 7.89. The minimum atomic E-state index is -4.03. The van der Waals surface area contributed by atoms with E-state index in [9.17, 15) is 17.2 Å². The molecule has 0 bridgehead atoms. The second kappa shape index (κ2) is 6.33. The fourth-order valence-electron chi connectivity index (χ4n) is 3.05. The Morgan fingerprint density at radius 1 is 0.815 bits per heavy atom. The molecule has 8 heteroatoms. The first-order valence-corrected chi connectivity index (χ1v) is 9.40. The molecule has 2 N–H and O–H groups in total. The fraction of sp³-hybridized carbons (Fsp3) is 0.0526. The van der Waals surface area contributed by atoms with Crippen molar-refractivity contribution in [3.05, 3.63) is 66.2 Å². The van der Waals surface area contributed by atoms with Crippen LogP contribution in [-0.4, -0.2) is 15.2 Å². The lowest BCUT2D eigenvalue weighted by molar-refractivity contribution is 0.174. The van der Waals surface area contributed by atoms with Gasteiger partial charge in [0.2, 0.25) is 16.8 Å². The third-order valence-electron chi connectivity index (χ3n) is 4.17. The van der Waals surface area contributed by atoms with Crippen LogP contribution >= 0.6 is 0 Å². The summed E-state index contributed by atoms with van der Waals surface area (Å²) in [5.74, 6) is -0.719. The van der Waals surface area contributed by atoms with Gasteiger partial charge in [-0.25, -0.2) is 22.3 Å². The number of fused-ring (bicyclic) bond motifs is 1. The van der Waals surface area contributed by atoms with Crippen LogP contribution in [0.3, 0.4) is 0 Å². The van der Waals surface area contributed by atoms with Gasteiger partial charge >= 0.3 is 0 Å². The van der Waals surface area contributed by atoms with Gasteiger partial charge in [0.1, 0.15) is 11.6 Å². The third kappa shape index (κ3) is 3.24. The van der Waals surface area contributed by atoms with Crippen molar-refractivity contribution in [1.29, 1.82) is 0 Å². The van der Waals surface area contributed by atoms with Gasteiger partial charge < -0.3 is 9.47 Å². The molecule has 1 aliphatic rings. The van der Waals surface area contributed by atoms with Gasteiger partial charge in [0.25, 0.3) is 0 Å². The number of sulfonamides is 1. The van der Waals surface area contributed by atoms with Crippen molar-refractivity contribution >= 4 is 10.0 Å². The molecule has 0 saturated carbocycles. The second-order valence-electron chi connectivity index (χ2n) is 5.95. The van der Waals surface area contributed by atoms with Gasteiger partial charge in [-0.3, -0.25) is 0 Å². The van der Waals surface area contributed by atoms with Crippen molar-refractivity contribution in [1.82, 2.24) is 0 Å². The quantitative estimate of drug-likeness (QED) is 0.741. The van der Waals surface area contributed by atoms with E-state index in [2.05, 4.69) is 0 Å². The lowest BCUT2D eigenvalue weighted by Crippen LogP contribution is -2.13. The lowest BCUT2D eigenvalue weighted by atomic mass is 9.93. The van der Waals surface area contributed by atoms with Crippen LogP contribution in [0.2, 0.25) is 0 Å². The second-order valence-corrected chi connectivity index (χ2v) is 7.48. The highest BCUT2D eigenvalue weighted by Gasteiger charge is 2.23. The molecule has 0 aromatic heterocycles. The zero-order valence-electron chi connectivity index (χ0n) is 13.8. The number of halogens is 2. The van der Waals surface area contributed by atoms with Crippen molar-refractivity contribution in [2.24, 2.45) is 5.14 Å². The van der Waals surface area contributed by atoms with Crippen LogP contribution in [-0.2, 0) is 10.0 Å². The third-order valence-corrected chi connectivity index (χ3v) is 5.14. The number of primary sulfonamides is 1. The summed E-state index contributed by atoms with van der Waals surface area (Å²) in [4.78, 5) is -0.109. The Kier molecular flexibility index (Phi) is 4.09. The van der Waals surface area contributed by atoms with E-state index in [-0.39, 0.29) is 22.8 Å². The first-order chi connectivity index (χ1) is 12.8. The van der Waals surface area contributed by atoms with E-state index in [4.69, 9.17) is 14.6 Å². The van der Waals surface area contributed by atoms with Crippen molar-refractivity contribution in [3.63, 3.8) is 0 Å². The zero-order valence-corrected chi connectivity index (χ0v) is 14.6. The van der Waals surface area contributed by atoms with Gasteiger partial charge in [-0.05, 0) is 47.0 Å². The molecule has 27 heavy (non-hydrogen) atoms. The maximum atomic E-state index is 13.8. The van der Waals surface area contributed by atoms with Crippen molar-refractivity contribution in [2.45, 2.75) is 4.90 Å². The Balaban J connectivity index is 2.05. The predicted molar refractivity (Wildman–Crippen MR) is 94.7 cm³/mol. The highest BCUT2D eigenvalue weighted by Crippen LogP contribution is 2.44. The molecule has 0 saturated heterocycles. The summed E-state index contributed by atoms with van der Waals surface area (Å²) < 4.78 is 62.3. The molecular weight excluding hydrogens is 376 g/mol. The molecule has 3 aromatic rings. The molecule has 1 heterocycles. The summed E-state index contributed by atoms with van der Waals surface area (Å²) in [5.41, 5.74) is 1.30. The summed E-state index contributed by atoms with van der Waals surface area (Å²) in [7, 11) is -4.03. The molecule has 0 amide bonds. The van der Waals surface area contributed by atoms with Crippen molar-refractivity contribution < 1.29 is 26.7 Å². The summed E-state index contributed by atoms with van der Waals surface area (Å²) in [5, 5.41) is 5.34. The highest BCUT2D eigenvalue weighted by atomic mass is 32.2. The van der Waals surface area contributed by atoms with Gasteiger partial charge in [-0.1, -0.05) is 18.2 Å². The van der Waals surface area contributed by atoms with E-state index in [1.54, 1.807) is 24.3 Å². The Bertz CT molecular complexity index is 1140. The molecule has 0 radical (unpaired) electrons. The van der Waals surface area contributed by atoms with Crippen molar-refractivity contribution in [2.75, 3.05) is 6.79 Å². The van der Waals surface area contributed by atoms with Gasteiger partial charge in [0, 0.05) is 11.6 Å². The molecule has 4 rings (SSSR count). The molecule has 0 fully saturated rings. The zero-order chi connectivity index (χ0) is 19.2. The summed E-state index contributed by atoms with van der Waals surface area (Å²) >= 11 is 0. The van der Waals surface area contributed by atoms with Crippen LogP contribution in [0, 0.1) is 11.6 Å². The average Bonchev–Trinajstić information content (AvgIpc) is 3.06. The molecule has 5 nitrogen and oxygen atoms in total. The lowest BCUT2D eigenvalue weighted by Gasteiger charge is -2.14. The number of nitrogens with two attached hydrogens (primary N) is 1. The van der Waals surface area contributed by atoms with Gasteiger partial charge in [0.05, 0.1) is 4.90 Å². The van der Waals surface area contributed by atoms with Crippen LogP contribution in [0.1, 0.15) is 0 Å². The minimum absolute atomic E-state index is 0.00737. The van der Waals surface area contributed by atoms with E-state index in [1.165, 1.54) is 12.1 Å². The van der Waals surface area contributed by atoms with E-state index < -0.39 is 21.7 Å².